The van der Waals surface area contributed by atoms with E-state index >= 15 is 0 Å². The summed E-state index contributed by atoms with van der Waals surface area (Å²) >= 11 is 5.78. The van der Waals surface area contributed by atoms with E-state index in [2.05, 4.69) is 4.98 Å². The van der Waals surface area contributed by atoms with Crippen molar-refractivity contribution in [3.8, 4) is 0 Å². The van der Waals surface area contributed by atoms with Gasteiger partial charge in [0.15, 0.2) is 0 Å². The number of nitrogens with zero attached hydrogens (tertiary/aromatic N) is 1. The number of halogens is 1. The van der Waals surface area contributed by atoms with E-state index in [0.717, 1.165) is 17.5 Å². The number of hydrogen-bond acceptors (Lipinski definition) is 2. The molecule has 0 amide bonds. The van der Waals surface area contributed by atoms with E-state index in [9.17, 15) is 9.59 Å². The van der Waals surface area contributed by atoms with Gasteiger partial charge in [-0.15, -0.1) is 0 Å². The number of hydrogen-bond donors (Lipinski definition) is 1. The standard InChI is InChI=1S/C14H15ClN2O2/c1-3-10-6-4-5-7-11(10)8-17-13(18)9(2)12(15)16-14(17)19/h4-7H,3,8H2,1-2H3,(H,16,19). The summed E-state index contributed by atoms with van der Waals surface area (Å²) in [6.07, 6.45) is 0.857. The van der Waals surface area contributed by atoms with E-state index < -0.39 is 5.69 Å². The third-order valence-electron chi connectivity index (χ3n) is 3.18. The molecule has 0 atom stereocenters. The van der Waals surface area contributed by atoms with E-state index in [1.807, 2.05) is 31.2 Å². The second-order valence-electron chi connectivity index (χ2n) is 4.38. The molecule has 0 aliphatic heterocycles. The minimum Gasteiger partial charge on any atom is -0.297 e. The average Bonchev–Trinajstić information content (AvgIpc) is 2.41. The molecule has 1 heterocycles. The average molecular weight is 279 g/mol. The molecule has 0 spiro atoms. The summed E-state index contributed by atoms with van der Waals surface area (Å²) in [5, 5.41) is 0.107. The van der Waals surface area contributed by atoms with Gasteiger partial charge in [-0.1, -0.05) is 42.8 Å². The largest absolute Gasteiger partial charge is 0.329 e. The van der Waals surface area contributed by atoms with Crippen LogP contribution in [0.5, 0.6) is 0 Å². The topological polar surface area (TPSA) is 54.9 Å². The first kappa shape index (κ1) is 13.6. The van der Waals surface area contributed by atoms with Crippen molar-refractivity contribution in [2.24, 2.45) is 0 Å². The van der Waals surface area contributed by atoms with Crippen LogP contribution in [-0.2, 0) is 13.0 Å². The smallest absolute Gasteiger partial charge is 0.297 e. The molecule has 100 valence electrons. The van der Waals surface area contributed by atoms with Crippen LogP contribution < -0.4 is 11.2 Å². The molecule has 0 aliphatic carbocycles. The van der Waals surface area contributed by atoms with Crippen LogP contribution in [0.15, 0.2) is 33.9 Å². The van der Waals surface area contributed by atoms with Gasteiger partial charge >= 0.3 is 5.69 Å². The number of aryl methyl sites for hydroxylation is 1. The normalized spacial score (nSPS) is 10.7. The highest BCUT2D eigenvalue weighted by Crippen LogP contribution is 2.10. The maximum atomic E-state index is 12.1. The Kier molecular flexibility index (Phi) is 3.90. The van der Waals surface area contributed by atoms with Crippen molar-refractivity contribution in [1.29, 1.82) is 0 Å². The van der Waals surface area contributed by atoms with Crippen LogP contribution in [0.2, 0.25) is 5.15 Å². The van der Waals surface area contributed by atoms with Crippen LogP contribution in [0, 0.1) is 6.92 Å². The lowest BCUT2D eigenvalue weighted by Crippen LogP contribution is -2.37. The van der Waals surface area contributed by atoms with Gasteiger partial charge in [-0.25, -0.2) is 4.79 Å². The van der Waals surface area contributed by atoms with Gasteiger partial charge in [0, 0.05) is 5.56 Å². The molecule has 1 aromatic carbocycles. The lowest BCUT2D eigenvalue weighted by atomic mass is 10.1. The molecule has 0 saturated carbocycles. The maximum Gasteiger partial charge on any atom is 0.329 e. The van der Waals surface area contributed by atoms with Gasteiger partial charge in [-0.3, -0.25) is 14.3 Å². The van der Waals surface area contributed by atoms with Crippen molar-refractivity contribution in [1.82, 2.24) is 9.55 Å². The second-order valence-corrected chi connectivity index (χ2v) is 4.76. The van der Waals surface area contributed by atoms with Gasteiger partial charge < -0.3 is 0 Å². The summed E-state index contributed by atoms with van der Waals surface area (Å²) in [5.41, 5.74) is 1.63. The number of aromatic nitrogens is 2. The number of H-pyrrole nitrogens is 1. The van der Waals surface area contributed by atoms with E-state index in [1.165, 1.54) is 4.57 Å². The Morgan fingerprint density at radius 3 is 2.47 bits per heavy atom. The molecule has 2 aromatic rings. The first-order valence-corrected chi connectivity index (χ1v) is 6.48. The van der Waals surface area contributed by atoms with Crippen molar-refractivity contribution in [2.75, 3.05) is 0 Å². The molecule has 0 saturated heterocycles. The third-order valence-corrected chi connectivity index (χ3v) is 3.56. The Labute approximate surface area is 115 Å². The summed E-state index contributed by atoms with van der Waals surface area (Å²) in [4.78, 5) is 26.4. The zero-order chi connectivity index (χ0) is 14.0. The maximum absolute atomic E-state index is 12.1. The minimum atomic E-state index is -0.480. The first-order chi connectivity index (χ1) is 9.04. The van der Waals surface area contributed by atoms with Crippen molar-refractivity contribution < 1.29 is 0 Å². The van der Waals surface area contributed by atoms with Gasteiger partial charge in [0.2, 0.25) is 0 Å². The molecule has 4 nitrogen and oxygen atoms in total. The molecule has 1 aromatic heterocycles. The second kappa shape index (κ2) is 5.45. The molecule has 19 heavy (non-hydrogen) atoms. The molecule has 0 fully saturated rings. The molecule has 2 rings (SSSR count). The fraction of sp³-hybridized carbons (Fsp3) is 0.286. The van der Waals surface area contributed by atoms with Crippen LogP contribution in [0.4, 0.5) is 0 Å². The van der Waals surface area contributed by atoms with Crippen molar-refractivity contribution in [3.05, 3.63) is 66.9 Å². The Bertz CT molecular complexity index is 716. The predicted octanol–water partition coefficient (Wildman–Crippen LogP) is 2.11. The van der Waals surface area contributed by atoms with Gasteiger partial charge in [0.05, 0.1) is 6.54 Å². The van der Waals surface area contributed by atoms with Gasteiger partial charge in [-0.05, 0) is 24.5 Å². The van der Waals surface area contributed by atoms with Gasteiger partial charge in [0.1, 0.15) is 5.15 Å². The molecule has 0 bridgehead atoms. The summed E-state index contributed by atoms with van der Waals surface area (Å²) < 4.78 is 1.18. The fourth-order valence-electron chi connectivity index (χ4n) is 2.01. The van der Waals surface area contributed by atoms with Crippen LogP contribution in [0.25, 0.3) is 0 Å². The summed E-state index contributed by atoms with van der Waals surface area (Å²) in [7, 11) is 0. The predicted molar refractivity (Wildman–Crippen MR) is 76.0 cm³/mol. The Hall–Kier alpha value is -1.81. The van der Waals surface area contributed by atoms with E-state index in [0.29, 0.717) is 5.56 Å². The first-order valence-electron chi connectivity index (χ1n) is 6.10. The zero-order valence-corrected chi connectivity index (χ0v) is 11.6. The SMILES string of the molecule is CCc1ccccc1Cn1c(=O)[nH]c(Cl)c(C)c1=O. The molecule has 1 N–H and O–H groups in total. The van der Waals surface area contributed by atoms with E-state index in [-0.39, 0.29) is 17.3 Å². The Morgan fingerprint density at radius 2 is 1.84 bits per heavy atom. The highest BCUT2D eigenvalue weighted by molar-refractivity contribution is 6.30. The lowest BCUT2D eigenvalue weighted by Gasteiger charge is -2.10. The molecule has 0 aliphatic rings. The van der Waals surface area contributed by atoms with Crippen LogP contribution >= 0.6 is 11.6 Å². The van der Waals surface area contributed by atoms with E-state index in [1.54, 1.807) is 6.92 Å². The van der Waals surface area contributed by atoms with Gasteiger partial charge in [0.25, 0.3) is 5.56 Å². The monoisotopic (exact) mass is 278 g/mol. The summed E-state index contributed by atoms with van der Waals surface area (Å²) in [6.45, 7) is 3.90. The highest BCUT2D eigenvalue weighted by Gasteiger charge is 2.10. The lowest BCUT2D eigenvalue weighted by molar-refractivity contribution is 0.687. The van der Waals surface area contributed by atoms with Crippen molar-refractivity contribution >= 4 is 11.6 Å². The van der Waals surface area contributed by atoms with Gasteiger partial charge in [-0.2, -0.15) is 0 Å². The number of benzene rings is 1. The highest BCUT2D eigenvalue weighted by atomic mass is 35.5. The molecule has 0 radical (unpaired) electrons. The number of nitrogens with one attached hydrogen (secondary N) is 1. The van der Waals surface area contributed by atoms with Crippen LogP contribution in [-0.4, -0.2) is 9.55 Å². The summed E-state index contributed by atoms with van der Waals surface area (Å²) in [6, 6.07) is 7.77. The molecule has 0 unspecified atom stereocenters. The van der Waals surface area contributed by atoms with Crippen molar-refractivity contribution in [2.45, 2.75) is 26.8 Å². The Balaban J connectivity index is 2.53. The zero-order valence-electron chi connectivity index (χ0n) is 10.9. The van der Waals surface area contributed by atoms with Crippen LogP contribution in [0.3, 0.4) is 0 Å². The number of rotatable bonds is 3. The molecular formula is C14H15ClN2O2. The third kappa shape index (κ3) is 2.63. The molecular weight excluding hydrogens is 264 g/mol. The Morgan fingerprint density at radius 1 is 1.21 bits per heavy atom. The van der Waals surface area contributed by atoms with Crippen LogP contribution in [0.1, 0.15) is 23.6 Å². The molecule has 5 heteroatoms. The summed E-state index contributed by atoms with van der Waals surface area (Å²) in [5.74, 6) is 0. The van der Waals surface area contributed by atoms with Crippen molar-refractivity contribution in [3.63, 3.8) is 0 Å². The number of aromatic amines is 1. The fourth-order valence-corrected chi connectivity index (χ4v) is 2.18. The van der Waals surface area contributed by atoms with E-state index in [4.69, 9.17) is 11.6 Å². The minimum absolute atomic E-state index is 0.107. The quantitative estimate of drug-likeness (QED) is 0.874.